The van der Waals surface area contributed by atoms with Crippen LogP contribution in [-0.2, 0) is 0 Å². The Labute approximate surface area is 136 Å². The second-order valence-electron chi connectivity index (χ2n) is 4.90. The smallest absolute Gasteiger partial charge is 0.181 e. The van der Waals surface area contributed by atoms with Gasteiger partial charge in [-0.15, -0.1) is 0 Å². The lowest BCUT2D eigenvalue weighted by atomic mass is 10.1. The van der Waals surface area contributed by atoms with Gasteiger partial charge in [-0.3, -0.25) is 0 Å². The molecule has 0 radical (unpaired) electrons. The monoisotopic (exact) mass is 332 g/mol. The molecule has 0 aliphatic heterocycles. The van der Waals surface area contributed by atoms with Crippen LogP contribution in [0.15, 0.2) is 18.2 Å². The topological polar surface area (TPSA) is 87.0 Å². The van der Waals surface area contributed by atoms with Gasteiger partial charge in [0.2, 0.25) is 0 Å². The number of thiazole rings is 2. The summed E-state index contributed by atoms with van der Waals surface area (Å²) in [7, 11) is 1.66. The van der Waals surface area contributed by atoms with Crippen LogP contribution in [0.1, 0.15) is 11.3 Å². The van der Waals surface area contributed by atoms with Crippen molar-refractivity contribution >= 4 is 32.9 Å². The first-order valence-electron chi connectivity index (χ1n) is 6.64. The highest BCUT2D eigenvalue weighted by atomic mass is 32.1. The minimum atomic E-state index is 0.514. The van der Waals surface area contributed by atoms with Gasteiger partial charge in [0, 0.05) is 5.56 Å². The first-order chi connectivity index (χ1) is 10.5. The fraction of sp³-hybridized carbons (Fsp3) is 0.200. The lowest BCUT2D eigenvalue weighted by Gasteiger charge is -2.09. The van der Waals surface area contributed by atoms with Gasteiger partial charge in [0.25, 0.3) is 0 Å². The summed E-state index contributed by atoms with van der Waals surface area (Å²) in [6, 6.07) is 6.05. The first kappa shape index (κ1) is 14.8. The van der Waals surface area contributed by atoms with Gasteiger partial charge in [0.1, 0.15) is 11.4 Å². The zero-order valence-electron chi connectivity index (χ0n) is 12.5. The van der Waals surface area contributed by atoms with Crippen molar-refractivity contribution in [3.05, 3.63) is 29.5 Å². The number of nitrogen functional groups attached to an aromatic ring is 2. The normalized spacial score (nSPS) is 10.9. The molecular weight excluding hydrogens is 316 g/mol. The number of anilines is 2. The minimum Gasteiger partial charge on any atom is -0.496 e. The predicted molar refractivity (Wildman–Crippen MR) is 93.5 cm³/mol. The quantitative estimate of drug-likeness (QED) is 0.763. The summed E-state index contributed by atoms with van der Waals surface area (Å²) in [6.07, 6.45) is 0. The van der Waals surface area contributed by atoms with Gasteiger partial charge in [0.05, 0.1) is 22.6 Å². The molecule has 0 saturated carbocycles. The van der Waals surface area contributed by atoms with E-state index < -0.39 is 0 Å². The van der Waals surface area contributed by atoms with E-state index >= 15 is 0 Å². The van der Waals surface area contributed by atoms with Crippen LogP contribution in [0.25, 0.3) is 21.0 Å². The number of nitrogens with two attached hydrogens (primary N) is 2. The van der Waals surface area contributed by atoms with Gasteiger partial charge in [-0.25, -0.2) is 9.97 Å². The molecular formula is C15H16N4OS2. The van der Waals surface area contributed by atoms with E-state index in [-0.39, 0.29) is 0 Å². The molecule has 1 aromatic carbocycles. The lowest BCUT2D eigenvalue weighted by Crippen LogP contribution is -1.89. The number of aryl methyl sites for hydroxylation is 2. The van der Waals surface area contributed by atoms with Crippen molar-refractivity contribution in [1.82, 2.24) is 9.97 Å². The van der Waals surface area contributed by atoms with Crippen molar-refractivity contribution in [2.75, 3.05) is 18.6 Å². The van der Waals surface area contributed by atoms with Crippen LogP contribution < -0.4 is 16.2 Å². The number of methoxy groups -OCH3 is 1. The number of benzene rings is 1. The summed E-state index contributed by atoms with van der Waals surface area (Å²) in [5.74, 6) is 0.797. The average molecular weight is 332 g/mol. The standard InChI is InChI=1S/C15H16N4OS2/c1-7-4-5-10(20-3)9(6-7)13-11(19-15(17)22-13)12-8(2)18-14(16)21-12/h4-6H,1-3H3,(H2,16,18)(H2,17,19). The Morgan fingerprint density at radius 1 is 1.00 bits per heavy atom. The Morgan fingerprint density at radius 2 is 1.68 bits per heavy atom. The second kappa shape index (κ2) is 5.58. The summed E-state index contributed by atoms with van der Waals surface area (Å²) < 4.78 is 5.49. The molecule has 0 fully saturated rings. The first-order valence-corrected chi connectivity index (χ1v) is 8.27. The van der Waals surface area contributed by atoms with Gasteiger partial charge in [0.15, 0.2) is 10.3 Å². The van der Waals surface area contributed by atoms with E-state index in [2.05, 4.69) is 16.0 Å². The molecule has 0 bridgehead atoms. The largest absolute Gasteiger partial charge is 0.496 e. The third kappa shape index (κ3) is 2.53. The molecule has 3 rings (SSSR count). The fourth-order valence-electron chi connectivity index (χ4n) is 2.31. The van der Waals surface area contributed by atoms with Crippen molar-refractivity contribution < 1.29 is 4.74 Å². The highest BCUT2D eigenvalue weighted by Crippen LogP contribution is 2.45. The molecule has 114 valence electrons. The van der Waals surface area contributed by atoms with E-state index in [9.17, 15) is 0 Å². The molecule has 0 saturated heterocycles. The highest BCUT2D eigenvalue weighted by Gasteiger charge is 2.21. The number of hydrogen-bond acceptors (Lipinski definition) is 7. The molecule has 5 nitrogen and oxygen atoms in total. The Hall–Kier alpha value is -2.12. The number of nitrogens with zero attached hydrogens (tertiary/aromatic N) is 2. The van der Waals surface area contributed by atoms with Gasteiger partial charge < -0.3 is 16.2 Å². The second-order valence-corrected chi connectivity index (χ2v) is 6.96. The summed E-state index contributed by atoms with van der Waals surface area (Å²) in [5, 5.41) is 1.04. The third-order valence-electron chi connectivity index (χ3n) is 3.27. The maximum atomic E-state index is 5.96. The molecule has 0 amide bonds. The van der Waals surface area contributed by atoms with Gasteiger partial charge in [-0.1, -0.05) is 34.3 Å². The molecule has 0 aliphatic carbocycles. The van der Waals surface area contributed by atoms with Crippen LogP contribution in [0.3, 0.4) is 0 Å². The zero-order chi connectivity index (χ0) is 15.9. The summed E-state index contributed by atoms with van der Waals surface area (Å²) in [5.41, 5.74) is 15.6. The molecule has 0 aliphatic rings. The van der Waals surface area contributed by atoms with Crippen LogP contribution in [0.2, 0.25) is 0 Å². The van der Waals surface area contributed by atoms with E-state index in [1.165, 1.54) is 22.7 Å². The van der Waals surface area contributed by atoms with E-state index in [4.69, 9.17) is 16.2 Å². The summed E-state index contributed by atoms with van der Waals surface area (Å²) >= 11 is 2.86. The van der Waals surface area contributed by atoms with Gasteiger partial charge in [-0.05, 0) is 26.0 Å². The highest BCUT2D eigenvalue weighted by molar-refractivity contribution is 7.21. The molecule has 22 heavy (non-hydrogen) atoms. The molecule has 7 heteroatoms. The van der Waals surface area contributed by atoms with Crippen LogP contribution in [0.5, 0.6) is 5.75 Å². The van der Waals surface area contributed by atoms with Crippen molar-refractivity contribution in [2.45, 2.75) is 13.8 Å². The Kier molecular flexibility index (Phi) is 3.76. The van der Waals surface area contributed by atoms with E-state index in [1.807, 2.05) is 26.0 Å². The minimum absolute atomic E-state index is 0.514. The van der Waals surface area contributed by atoms with E-state index in [0.717, 1.165) is 38.0 Å². The number of hydrogen-bond donors (Lipinski definition) is 2. The maximum Gasteiger partial charge on any atom is 0.181 e. The van der Waals surface area contributed by atoms with E-state index in [0.29, 0.717) is 10.3 Å². The number of aromatic nitrogens is 2. The van der Waals surface area contributed by atoms with Crippen molar-refractivity contribution in [3.63, 3.8) is 0 Å². The molecule has 0 spiro atoms. The molecule has 3 aromatic rings. The Morgan fingerprint density at radius 3 is 2.32 bits per heavy atom. The maximum absolute atomic E-state index is 5.96. The van der Waals surface area contributed by atoms with Crippen LogP contribution in [0, 0.1) is 13.8 Å². The lowest BCUT2D eigenvalue weighted by molar-refractivity contribution is 0.416. The average Bonchev–Trinajstić information content (AvgIpc) is 3.01. The molecule has 4 N–H and O–H groups in total. The summed E-state index contributed by atoms with van der Waals surface area (Å²) in [4.78, 5) is 10.7. The number of ether oxygens (including phenoxy) is 1. The molecule has 0 atom stereocenters. The Bertz CT molecular complexity index is 838. The van der Waals surface area contributed by atoms with Crippen molar-refractivity contribution in [3.8, 4) is 26.8 Å². The van der Waals surface area contributed by atoms with E-state index in [1.54, 1.807) is 7.11 Å². The van der Waals surface area contributed by atoms with Gasteiger partial charge in [-0.2, -0.15) is 0 Å². The fourth-order valence-corrected chi connectivity index (χ4v) is 4.06. The SMILES string of the molecule is COc1ccc(C)cc1-c1sc(N)nc1-c1sc(N)nc1C. The van der Waals surface area contributed by atoms with Crippen LogP contribution >= 0.6 is 22.7 Å². The van der Waals surface area contributed by atoms with Crippen LogP contribution in [0.4, 0.5) is 10.3 Å². The summed E-state index contributed by atoms with van der Waals surface area (Å²) in [6.45, 7) is 3.97. The van der Waals surface area contributed by atoms with Gasteiger partial charge >= 0.3 is 0 Å². The van der Waals surface area contributed by atoms with Crippen molar-refractivity contribution in [1.29, 1.82) is 0 Å². The van der Waals surface area contributed by atoms with Crippen molar-refractivity contribution in [2.24, 2.45) is 0 Å². The zero-order valence-corrected chi connectivity index (χ0v) is 14.1. The molecule has 0 unspecified atom stereocenters. The molecule has 2 aromatic heterocycles. The number of rotatable bonds is 3. The third-order valence-corrected chi connectivity index (χ3v) is 5.18. The van der Waals surface area contributed by atoms with Crippen LogP contribution in [-0.4, -0.2) is 17.1 Å². The molecule has 2 heterocycles. The Balaban J connectivity index is 2.25. The predicted octanol–water partition coefficient (Wildman–Crippen LogP) is 3.72.